The number of aromatic hydroxyl groups is 1. The second-order valence-electron chi connectivity index (χ2n) is 9.37. The molecule has 13 heteroatoms. The molecule has 0 bridgehead atoms. The van der Waals surface area contributed by atoms with Crippen molar-refractivity contribution in [3.8, 4) is 5.75 Å². The van der Waals surface area contributed by atoms with Crippen LogP contribution in [0, 0.1) is 5.92 Å². The molecule has 0 aliphatic carbocycles. The third-order valence-corrected chi connectivity index (χ3v) is 7.05. The minimum absolute atomic E-state index is 0.0177. The predicted octanol–water partition coefficient (Wildman–Crippen LogP) is 0.566. The van der Waals surface area contributed by atoms with E-state index < -0.39 is 47.9 Å². The SMILES string of the molecule is CCC(C)C(N)C(=O)NC(CCSC)C(=O)NC(Cc1ccc(O)cc1)C(=O)NC(Cc1cnc[nH]1)C(=O)O. The van der Waals surface area contributed by atoms with Gasteiger partial charge in [0.25, 0.3) is 0 Å². The molecule has 0 spiro atoms. The summed E-state index contributed by atoms with van der Waals surface area (Å²) in [5.41, 5.74) is 7.19. The average molecular weight is 563 g/mol. The number of H-pyrrole nitrogens is 1. The van der Waals surface area contributed by atoms with E-state index in [4.69, 9.17) is 5.73 Å². The number of phenolic OH excluding ortho intramolecular Hbond substituents is 1. The van der Waals surface area contributed by atoms with Gasteiger partial charge in [-0.3, -0.25) is 14.4 Å². The number of carbonyl (C=O) groups is 4. The fourth-order valence-corrected chi connectivity index (χ4v) is 4.19. The summed E-state index contributed by atoms with van der Waals surface area (Å²) >= 11 is 1.50. The summed E-state index contributed by atoms with van der Waals surface area (Å²) in [7, 11) is 0. The summed E-state index contributed by atoms with van der Waals surface area (Å²) < 4.78 is 0. The summed E-state index contributed by atoms with van der Waals surface area (Å²) in [6.45, 7) is 3.76. The van der Waals surface area contributed by atoms with Crippen LogP contribution in [-0.4, -0.2) is 80.0 Å². The molecule has 8 N–H and O–H groups in total. The zero-order valence-electron chi connectivity index (χ0n) is 22.3. The molecule has 0 saturated carbocycles. The van der Waals surface area contributed by atoms with Crippen molar-refractivity contribution >= 4 is 35.5 Å². The van der Waals surface area contributed by atoms with Gasteiger partial charge in [-0.1, -0.05) is 32.4 Å². The highest BCUT2D eigenvalue weighted by atomic mass is 32.2. The number of rotatable bonds is 16. The highest BCUT2D eigenvalue weighted by Crippen LogP contribution is 2.13. The van der Waals surface area contributed by atoms with Crippen LogP contribution in [0.2, 0.25) is 0 Å². The summed E-state index contributed by atoms with van der Waals surface area (Å²) in [6.07, 6.45) is 5.70. The molecule has 1 aromatic heterocycles. The fraction of sp³-hybridized carbons (Fsp3) is 0.500. The molecule has 3 amide bonds. The van der Waals surface area contributed by atoms with E-state index in [1.165, 1.54) is 36.4 Å². The Kier molecular flexibility index (Phi) is 12.8. The van der Waals surface area contributed by atoms with Crippen molar-refractivity contribution in [1.82, 2.24) is 25.9 Å². The number of phenols is 1. The number of nitrogens with two attached hydrogens (primary N) is 1. The summed E-state index contributed by atoms with van der Waals surface area (Å²) in [5.74, 6) is -2.51. The molecule has 2 rings (SSSR count). The van der Waals surface area contributed by atoms with Crippen LogP contribution in [0.1, 0.15) is 37.9 Å². The smallest absolute Gasteiger partial charge is 0.326 e. The minimum atomic E-state index is -1.28. The lowest BCUT2D eigenvalue weighted by Gasteiger charge is -2.26. The van der Waals surface area contributed by atoms with Crippen molar-refractivity contribution in [1.29, 1.82) is 0 Å². The van der Waals surface area contributed by atoms with Gasteiger partial charge in [0, 0.05) is 24.7 Å². The number of aromatic nitrogens is 2. The molecule has 0 saturated heterocycles. The Bertz CT molecular complexity index is 1080. The Morgan fingerprint density at radius 3 is 2.18 bits per heavy atom. The van der Waals surface area contributed by atoms with Crippen molar-refractivity contribution in [2.75, 3.05) is 12.0 Å². The zero-order chi connectivity index (χ0) is 28.9. The number of carbonyl (C=O) groups excluding carboxylic acids is 3. The van der Waals surface area contributed by atoms with Gasteiger partial charge in [-0.05, 0) is 42.0 Å². The maximum absolute atomic E-state index is 13.4. The highest BCUT2D eigenvalue weighted by molar-refractivity contribution is 7.98. The van der Waals surface area contributed by atoms with Crippen LogP contribution in [0.25, 0.3) is 0 Å². The van der Waals surface area contributed by atoms with Crippen molar-refractivity contribution < 1.29 is 29.4 Å². The number of thioether (sulfide) groups is 1. The van der Waals surface area contributed by atoms with Gasteiger partial charge in [0.15, 0.2) is 0 Å². The molecule has 1 heterocycles. The van der Waals surface area contributed by atoms with Gasteiger partial charge in [0.1, 0.15) is 23.9 Å². The number of hydrogen-bond donors (Lipinski definition) is 7. The molecule has 1 aromatic carbocycles. The van der Waals surface area contributed by atoms with Crippen LogP contribution >= 0.6 is 11.8 Å². The maximum atomic E-state index is 13.4. The van der Waals surface area contributed by atoms with Gasteiger partial charge in [-0.25, -0.2) is 9.78 Å². The first-order chi connectivity index (χ1) is 18.5. The van der Waals surface area contributed by atoms with E-state index in [0.717, 1.165) is 0 Å². The van der Waals surface area contributed by atoms with E-state index in [1.54, 1.807) is 12.1 Å². The molecule has 5 unspecified atom stereocenters. The first kappa shape index (κ1) is 31.6. The van der Waals surface area contributed by atoms with Gasteiger partial charge in [0.2, 0.25) is 17.7 Å². The molecule has 0 aliphatic rings. The van der Waals surface area contributed by atoms with Gasteiger partial charge in [0.05, 0.1) is 12.4 Å². The lowest BCUT2D eigenvalue weighted by molar-refractivity contribution is -0.142. The maximum Gasteiger partial charge on any atom is 0.326 e. The van der Waals surface area contributed by atoms with E-state index in [9.17, 15) is 29.4 Å². The molecule has 0 aliphatic heterocycles. The number of carboxylic acid groups (broad SMARTS) is 1. The topological polar surface area (TPSA) is 200 Å². The van der Waals surface area contributed by atoms with Crippen LogP contribution < -0.4 is 21.7 Å². The minimum Gasteiger partial charge on any atom is -0.508 e. The standard InChI is InChI=1S/C26H38N6O6S/c1-4-15(2)22(27)25(36)30-19(9-10-39-3)23(34)31-20(11-16-5-7-18(33)8-6-16)24(35)32-21(26(37)38)12-17-13-28-14-29-17/h5-8,13-15,19-22,33H,4,9-12,27H2,1-3H3,(H,28,29)(H,30,36)(H,31,34)(H,32,35)(H,37,38). The molecule has 39 heavy (non-hydrogen) atoms. The Hall–Kier alpha value is -3.58. The number of carboxylic acids is 1. The number of nitrogens with zero attached hydrogens (tertiary/aromatic N) is 1. The fourth-order valence-electron chi connectivity index (χ4n) is 3.72. The van der Waals surface area contributed by atoms with Gasteiger partial charge >= 0.3 is 5.97 Å². The molecule has 214 valence electrons. The lowest BCUT2D eigenvalue weighted by Crippen LogP contribution is -2.58. The normalized spacial score (nSPS) is 14.9. The van der Waals surface area contributed by atoms with Crippen LogP contribution in [-0.2, 0) is 32.0 Å². The van der Waals surface area contributed by atoms with Crippen LogP contribution in [0.3, 0.4) is 0 Å². The summed E-state index contributed by atoms with van der Waals surface area (Å²) in [6, 6.07) is 1.90. The van der Waals surface area contributed by atoms with E-state index in [1.807, 2.05) is 20.1 Å². The molecular weight excluding hydrogens is 524 g/mol. The van der Waals surface area contributed by atoms with E-state index >= 15 is 0 Å². The lowest BCUT2D eigenvalue weighted by atomic mass is 9.99. The number of aromatic amines is 1. The van der Waals surface area contributed by atoms with E-state index in [-0.39, 0.29) is 24.5 Å². The molecule has 5 atom stereocenters. The molecular formula is C26H38N6O6S. The summed E-state index contributed by atoms with van der Waals surface area (Å²) in [4.78, 5) is 57.9. The van der Waals surface area contributed by atoms with E-state index in [0.29, 0.717) is 29.9 Å². The third kappa shape index (κ3) is 10.2. The predicted molar refractivity (Wildman–Crippen MR) is 148 cm³/mol. The Labute approximate surface area is 231 Å². The second-order valence-corrected chi connectivity index (χ2v) is 10.4. The number of nitrogens with one attached hydrogen (secondary N) is 4. The van der Waals surface area contributed by atoms with Crippen LogP contribution in [0.5, 0.6) is 5.75 Å². The quantitative estimate of drug-likeness (QED) is 0.153. The number of aliphatic carboxylic acids is 1. The monoisotopic (exact) mass is 562 g/mol. The Morgan fingerprint density at radius 2 is 1.62 bits per heavy atom. The molecule has 0 fully saturated rings. The van der Waals surface area contributed by atoms with Crippen molar-refractivity contribution in [3.05, 3.63) is 48.0 Å². The molecule has 12 nitrogen and oxygen atoms in total. The Balaban J connectivity index is 2.25. The van der Waals surface area contributed by atoms with Crippen LogP contribution in [0.15, 0.2) is 36.8 Å². The second kappa shape index (κ2) is 15.7. The number of amides is 3. The summed E-state index contributed by atoms with van der Waals surface area (Å²) in [5, 5.41) is 27.2. The van der Waals surface area contributed by atoms with Gasteiger partial charge in [-0.15, -0.1) is 0 Å². The number of imidazole rings is 1. The molecule has 0 radical (unpaired) electrons. The first-order valence-corrected chi connectivity index (χ1v) is 14.1. The largest absolute Gasteiger partial charge is 0.508 e. The zero-order valence-corrected chi connectivity index (χ0v) is 23.2. The number of hydrogen-bond acceptors (Lipinski definition) is 8. The van der Waals surface area contributed by atoms with Crippen LogP contribution in [0.4, 0.5) is 0 Å². The average Bonchev–Trinajstić information content (AvgIpc) is 3.43. The molecule has 2 aromatic rings. The Morgan fingerprint density at radius 1 is 1.00 bits per heavy atom. The number of benzene rings is 1. The van der Waals surface area contributed by atoms with Crippen molar-refractivity contribution in [3.63, 3.8) is 0 Å². The van der Waals surface area contributed by atoms with Gasteiger partial charge < -0.3 is 36.9 Å². The first-order valence-electron chi connectivity index (χ1n) is 12.7. The van der Waals surface area contributed by atoms with Crippen molar-refractivity contribution in [2.24, 2.45) is 11.7 Å². The van der Waals surface area contributed by atoms with Gasteiger partial charge in [-0.2, -0.15) is 11.8 Å². The van der Waals surface area contributed by atoms with Crippen molar-refractivity contribution in [2.45, 2.75) is 63.7 Å². The van der Waals surface area contributed by atoms with E-state index in [2.05, 4.69) is 25.9 Å². The third-order valence-electron chi connectivity index (χ3n) is 6.41. The highest BCUT2D eigenvalue weighted by Gasteiger charge is 2.31.